The second kappa shape index (κ2) is 8.57. The topological polar surface area (TPSA) is 61.4 Å². The molecule has 3 rings (SSSR count). The molecule has 0 saturated carbocycles. The molecule has 148 valence electrons. The third-order valence-electron chi connectivity index (χ3n) is 4.78. The third-order valence-corrected chi connectivity index (χ3v) is 4.78. The zero-order chi connectivity index (χ0) is 20.1. The molecule has 0 aromatic heterocycles. The summed E-state index contributed by atoms with van der Waals surface area (Å²) in [5.41, 5.74) is 3.18. The number of amides is 2. The van der Waals surface area contributed by atoms with Crippen LogP contribution in [0, 0.1) is 0 Å². The first-order valence-corrected chi connectivity index (χ1v) is 9.79. The fourth-order valence-corrected chi connectivity index (χ4v) is 3.49. The molecule has 5 nitrogen and oxygen atoms in total. The minimum atomic E-state index is -0.440. The maximum Gasteiger partial charge on any atom is 0.237 e. The molecule has 0 spiro atoms. The van der Waals surface area contributed by atoms with Gasteiger partial charge in [-0.05, 0) is 37.5 Å². The summed E-state index contributed by atoms with van der Waals surface area (Å²) >= 11 is 0. The lowest BCUT2D eigenvalue weighted by Gasteiger charge is -2.35. The normalized spacial score (nSPS) is 17.8. The van der Waals surface area contributed by atoms with Crippen LogP contribution in [0.25, 0.3) is 11.1 Å². The van der Waals surface area contributed by atoms with Crippen LogP contribution in [0.5, 0.6) is 0 Å². The van der Waals surface area contributed by atoms with E-state index in [1.54, 1.807) is 0 Å². The van der Waals surface area contributed by atoms with Gasteiger partial charge in [-0.3, -0.25) is 14.5 Å². The van der Waals surface area contributed by atoms with Crippen LogP contribution in [-0.2, 0) is 16.1 Å². The van der Waals surface area contributed by atoms with Crippen molar-refractivity contribution in [1.29, 1.82) is 0 Å². The molecule has 1 aliphatic heterocycles. The number of hydrogen-bond acceptors (Lipinski definition) is 3. The van der Waals surface area contributed by atoms with E-state index in [2.05, 4.69) is 51.9 Å². The molecule has 0 radical (unpaired) electrons. The number of carbonyl (C=O) groups is 2. The molecule has 28 heavy (non-hydrogen) atoms. The van der Waals surface area contributed by atoms with Gasteiger partial charge in [-0.25, -0.2) is 0 Å². The van der Waals surface area contributed by atoms with Crippen molar-refractivity contribution in [3.05, 3.63) is 60.2 Å². The summed E-state index contributed by atoms with van der Waals surface area (Å²) in [6.45, 7) is 7.82. The Morgan fingerprint density at radius 1 is 1.07 bits per heavy atom. The van der Waals surface area contributed by atoms with E-state index in [9.17, 15) is 9.59 Å². The second-order valence-electron chi connectivity index (χ2n) is 8.34. The predicted molar refractivity (Wildman–Crippen MR) is 112 cm³/mol. The van der Waals surface area contributed by atoms with Crippen molar-refractivity contribution in [2.24, 2.45) is 0 Å². The highest BCUT2D eigenvalue weighted by molar-refractivity contribution is 5.89. The summed E-state index contributed by atoms with van der Waals surface area (Å²) in [6.07, 6.45) is 0.172. The van der Waals surface area contributed by atoms with Gasteiger partial charge in [0, 0.05) is 25.2 Å². The molecule has 0 bridgehead atoms. The van der Waals surface area contributed by atoms with Gasteiger partial charge in [0.25, 0.3) is 0 Å². The highest BCUT2D eigenvalue weighted by Crippen LogP contribution is 2.21. The van der Waals surface area contributed by atoms with Gasteiger partial charge >= 0.3 is 0 Å². The Morgan fingerprint density at radius 3 is 2.36 bits per heavy atom. The van der Waals surface area contributed by atoms with E-state index in [-0.39, 0.29) is 23.8 Å². The standard InChI is InChI=1S/C23H29N3O2/c1-23(2,3)25-21(27)15-20-22(28)24-13-14-26(20)16-17-9-11-19(12-10-17)18-7-5-4-6-8-18/h4-12,20H,13-16H2,1-3H3,(H,24,28)(H,25,27)/t20-/m0/s1. The molecular formula is C23H29N3O2. The second-order valence-corrected chi connectivity index (χ2v) is 8.34. The zero-order valence-electron chi connectivity index (χ0n) is 16.9. The minimum Gasteiger partial charge on any atom is -0.353 e. The largest absolute Gasteiger partial charge is 0.353 e. The van der Waals surface area contributed by atoms with Crippen LogP contribution in [-0.4, -0.2) is 41.4 Å². The van der Waals surface area contributed by atoms with Crippen LogP contribution in [0.15, 0.2) is 54.6 Å². The molecule has 2 aromatic rings. The summed E-state index contributed by atoms with van der Waals surface area (Å²) in [7, 11) is 0. The van der Waals surface area contributed by atoms with Gasteiger partial charge in [0.1, 0.15) is 0 Å². The molecule has 2 amide bonds. The highest BCUT2D eigenvalue weighted by atomic mass is 16.2. The lowest BCUT2D eigenvalue weighted by Crippen LogP contribution is -2.56. The summed E-state index contributed by atoms with van der Waals surface area (Å²) in [5, 5.41) is 5.84. The Hall–Kier alpha value is -2.66. The van der Waals surface area contributed by atoms with Gasteiger partial charge < -0.3 is 10.6 Å². The van der Waals surface area contributed by atoms with E-state index >= 15 is 0 Å². The van der Waals surface area contributed by atoms with Gasteiger partial charge in [-0.2, -0.15) is 0 Å². The number of hydrogen-bond donors (Lipinski definition) is 2. The molecule has 1 atom stereocenters. The Morgan fingerprint density at radius 2 is 1.71 bits per heavy atom. The van der Waals surface area contributed by atoms with Gasteiger partial charge in [-0.1, -0.05) is 54.6 Å². The van der Waals surface area contributed by atoms with Crippen LogP contribution in [0.1, 0.15) is 32.8 Å². The minimum absolute atomic E-state index is 0.0729. The van der Waals surface area contributed by atoms with Crippen molar-refractivity contribution in [3.63, 3.8) is 0 Å². The molecular weight excluding hydrogens is 350 g/mol. The van der Waals surface area contributed by atoms with Crippen molar-refractivity contribution in [3.8, 4) is 11.1 Å². The summed E-state index contributed by atoms with van der Waals surface area (Å²) < 4.78 is 0. The number of benzene rings is 2. The fourth-order valence-electron chi connectivity index (χ4n) is 3.49. The van der Waals surface area contributed by atoms with E-state index in [0.29, 0.717) is 13.1 Å². The van der Waals surface area contributed by atoms with Gasteiger partial charge in [0.05, 0.1) is 12.5 Å². The molecule has 1 fully saturated rings. The molecule has 2 aromatic carbocycles. The average Bonchev–Trinajstić information content (AvgIpc) is 2.64. The summed E-state index contributed by atoms with van der Waals surface area (Å²) in [5.74, 6) is -0.171. The molecule has 1 aliphatic rings. The number of rotatable bonds is 5. The molecule has 5 heteroatoms. The van der Waals surface area contributed by atoms with Crippen molar-refractivity contribution < 1.29 is 9.59 Å². The lowest BCUT2D eigenvalue weighted by atomic mass is 10.0. The summed E-state index contributed by atoms with van der Waals surface area (Å²) in [6, 6.07) is 18.2. The first-order valence-electron chi connectivity index (χ1n) is 9.79. The Balaban J connectivity index is 1.68. The molecule has 0 unspecified atom stereocenters. The highest BCUT2D eigenvalue weighted by Gasteiger charge is 2.32. The molecule has 1 heterocycles. The van der Waals surface area contributed by atoms with Crippen molar-refractivity contribution in [2.45, 2.75) is 45.3 Å². The maximum atomic E-state index is 12.4. The van der Waals surface area contributed by atoms with E-state index in [0.717, 1.165) is 12.1 Å². The molecule has 0 aliphatic carbocycles. The number of nitrogens with zero attached hydrogens (tertiary/aromatic N) is 1. The SMILES string of the molecule is CC(C)(C)NC(=O)C[C@H]1C(=O)NCCN1Cc1ccc(-c2ccccc2)cc1. The number of nitrogens with one attached hydrogen (secondary N) is 2. The first-order chi connectivity index (χ1) is 13.3. The lowest BCUT2D eigenvalue weighted by molar-refractivity contribution is -0.134. The quantitative estimate of drug-likeness (QED) is 0.840. The molecule has 1 saturated heterocycles. The predicted octanol–water partition coefficient (Wildman–Crippen LogP) is 2.96. The maximum absolute atomic E-state index is 12.4. The van der Waals surface area contributed by atoms with Gasteiger partial charge in [0.15, 0.2) is 0 Å². The van der Waals surface area contributed by atoms with Gasteiger partial charge in [0.2, 0.25) is 11.8 Å². The monoisotopic (exact) mass is 379 g/mol. The van der Waals surface area contributed by atoms with E-state index in [1.165, 1.54) is 11.1 Å². The van der Waals surface area contributed by atoms with Crippen LogP contribution in [0.4, 0.5) is 0 Å². The first kappa shape index (κ1) is 20.1. The van der Waals surface area contributed by atoms with E-state index in [4.69, 9.17) is 0 Å². The average molecular weight is 380 g/mol. The van der Waals surface area contributed by atoms with Crippen molar-refractivity contribution >= 4 is 11.8 Å². The van der Waals surface area contributed by atoms with Crippen LogP contribution in [0.3, 0.4) is 0 Å². The van der Waals surface area contributed by atoms with Crippen LogP contribution >= 0.6 is 0 Å². The molecule has 2 N–H and O–H groups in total. The van der Waals surface area contributed by atoms with E-state index < -0.39 is 6.04 Å². The van der Waals surface area contributed by atoms with Crippen molar-refractivity contribution in [1.82, 2.24) is 15.5 Å². The Labute approximate surface area is 167 Å². The van der Waals surface area contributed by atoms with Crippen molar-refractivity contribution in [2.75, 3.05) is 13.1 Å². The van der Waals surface area contributed by atoms with Crippen LogP contribution < -0.4 is 10.6 Å². The van der Waals surface area contributed by atoms with Gasteiger partial charge in [-0.15, -0.1) is 0 Å². The fraction of sp³-hybridized carbons (Fsp3) is 0.391. The number of carbonyl (C=O) groups excluding carboxylic acids is 2. The third kappa shape index (κ3) is 5.42. The summed E-state index contributed by atoms with van der Waals surface area (Å²) in [4.78, 5) is 26.9. The smallest absolute Gasteiger partial charge is 0.237 e. The number of piperazine rings is 1. The zero-order valence-corrected chi connectivity index (χ0v) is 16.9. The Bertz CT molecular complexity index is 810. The Kier molecular flexibility index (Phi) is 6.15. The van der Waals surface area contributed by atoms with E-state index in [1.807, 2.05) is 39.0 Å². The van der Waals surface area contributed by atoms with Crippen LogP contribution in [0.2, 0.25) is 0 Å².